The molecule has 5 nitrogen and oxygen atoms in total. The Labute approximate surface area is 119 Å². The Bertz CT molecular complexity index is 455. The van der Waals surface area contributed by atoms with Gasteiger partial charge < -0.3 is 5.32 Å². The molecule has 0 aliphatic carbocycles. The number of amides is 1. The second-order valence-corrected chi connectivity index (χ2v) is 5.50. The van der Waals surface area contributed by atoms with Gasteiger partial charge in [0, 0.05) is 23.7 Å². The van der Waals surface area contributed by atoms with Crippen molar-refractivity contribution >= 4 is 11.6 Å². The molecule has 0 spiro atoms. The fourth-order valence-corrected chi connectivity index (χ4v) is 1.95. The monoisotopic (exact) mass is 278 g/mol. The standard InChI is InChI=1S/C15H22N2O3/c1-11(2)5-4-6-12(3)16-15(18)13-7-9-14(10-8-13)17(19)20/h7-12H,4-6H2,1-3H3,(H,16,18)/t12-/m1/s1. The number of benzene rings is 1. The van der Waals surface area contributed by atoms with Gasteiger partial charge in [-0.1, -0.05) is 26.7 Å². The number of nitrogens with zero attached hydrogens (tertiary/aromatic N) is 1. The van der Waals surface area contributed by atoms with Crippen LogP contribution in [-0.2, 0) is 0 Å². The highest BCUT2D eigenvalue weighted by molar-refractivity contribution is 5.94. The number of carbonyl (C=O) groups is 1. The van der Waals surface area contributed by atoms with Gasteiger partial charge in [-0.15, -0.1) is 0 Å². The number of rotatable bonds is 7. The van der Waals surface area contributed by atoms with Crippen LogP contribution >= 0.6 is 0 Å². The number of nitro groups is 1. The van der Waals surface area contributed by atoms with Crippen molar-refractivity contribution in [3.05, 3.63) is 39.9 Å². The van der Waals surface area contributed by atoms with Gasteiger partial charge >= 0.3 is 0 Å². The molecule has 0 aliphatic rings. The van der Waals surface area contributed by atoms with Crippen LogP contribution in [0.2, 0.25) is 0 Å². The fraction of sp³-hybridized carbons (Fsp3) is 0.533. The minimum atomic E-state index is -0.476. The lowest BCUT2D eigenvalue weighted by atomic mass is 10.0. The highest BCUT2D eigenvalue weighted by atomic mass is 16.6. The molecule has 1 amide bonds. The predicted octanol–water partition coefficient (Wildman–Crippen LogP) is 3.54. The number of non-ortho nitro benzene ring substituents is 1. The van der Waals surface area contributed by atoms with E-state index in [-0.39, 0.29) is 17.6 Å². The Morgan fingerprint density at radius 1 is 1.20 bits per heavy atom. The number of carbonyl (C=O) groups excluding carboxylic acids is 1. The third-order valence-corrected chi connectivity index (χ3v) is 3.14. The summed E-state index contributed by atoms with van der Waals surface area (Å²) in [4.78, 5) is 22.0. The van der Waals surface area contributed by atoms with Crippen LogP contribution in [-0.4, -0.2) is 16.9 Å². The van der Waals surface area contributed by atoms with Gasteiger partial charge in [0.15, 0.2) is 0 Å². The van der Waals surface area contributed by atoms with Gasteiger partial charge in [0.25, 0.3) is 11.6 Å². The zero-order valence-electron chi connectivity index (χ0n) is 12.3. The molecule has 0 heterocycles. The molecular formula is C15H22N2O3. The second kappa shape index (κ2) is 7.62. The zero-order valence-corrected chi connectivity index (χ0v) is 12.3. The lowest BCUT2D eigenvalue weighted by Crippen LogP contribution is -2.32. The number of nitro benzene ring substituents is 1. The fourth-order valence-electron chi connectivity index (χ4n) is 1.95. The van der Waals surface area contributed by atoms with Gasteiger partial charge in [-0.25, -0.2) is 0 Å². The highest BCUT2D eigenvalue weighted by Gasteiger charge is 2.11. The summed E-state index contributed by atoms with van der Waals surface area (Å²) in [6.07, 6.45) is 3.17. The molecule has 1 rings (SSSR count). The summed E-state index contributed by atoms with van der Waals surface area (Å²) in [5.41, 5.74) is 0.442. The van der Waals surface area contributed by atoms with E-state index in [4.69, 9.17) is 0 Å². The van der Waals surface area contributed by atoms with Crippen LogP contribution in [0, 0.1) is 16.0 Å². The topological polar surface area (TPSA) is 72.2 Å². The van der Waals surface area contributed by atoms with Crippen LogP contribution in [0.4, 0.5) is 5.69 Å². The maximum atomic E-state index is 12.0. The van der Waals surface area contributed by atoms with Gasteiger partial charge in [0.2, 0.25) is 0 Å². The van der Waals surface area contributed by atoms with Gasteiger partial charge in [-0.05, 0) is 31.4 Å². The van der Waals surface area contributed by atoms with E-state index >= 15 is 0 Å². The first-order valence-electron chi connectivity index (χ1n) is 6.95. The van der Waals surface area contributed by atoms with Crippen molar-refractivity contribution in [2.75, 3.05) is 0 Å². The Hall–Kier alpha value is -1.91. The van der Waals surface area contributed by atoms with Gasteiger partial charge in [-0.2, -0.15) is 0 Å². The minimum Gasteiger partial charge on any atom is -0.350 e. The summed E-state index contributed by atoms with van der Waals surface area (Å²) in [7, 11) is 0. The van der Waals surface area contributed by atoms with Crippen LogP contribution in [0.25, 0.3) is 0 Å². The molecule has 110 valence electrons. The first-order valence-corrected chi connectivity index (χ1v) is 6.95. The summed E-state index contributed by atoms with van der Waals surface area (Å²) in [5.74, 6) is 0.490. The second-order valence-electron chi connectivity index (χ2n) is 5.50. The van der Waals surface area contributed by atoms with Crippen molar-refractivity contribution in [1.29, 1.82) is 0 Å². The lowest BCUT2D eigenvalue weighted by Gasteiger charge is -2.14. The predicted molar refractivity (Wildman–Crippen MR) is 78.7 cm³/mol. The molecule has 0 bridgehead atoms. The Balaban J connectivity index is 2.47. The SMILES string of the molecule is CC(C)CCC[C@@H](C)NC(=O)c1ccc([N+](=O)[O-])cc1. The summed E-state index contributed by atoms with van der Waals surface area (Å²) in [5, 5.41) is 13.4. The van der Waals surface area contributed by atoms with Crippen molar-refractivity contribution in [3.63, 3.8) is 0 Å². The van der Waals surface area contributed by atoms with E-state index in [9.17, 15) is 14.9 Å². The van der Waals surface area contributed by atoms with Gasteiger partial charge in [0.1, 0.15) is 0 Å². The maximum absolute atomic E-state index is 12.0. The van der Waals surface area contributed by atoms with Crippen molar-refractivity contribution in [3.8, 4) is 0 Å². The molecule has 0 aliphatic heterocycles. The van der Waals surface area contributed by atoms with E-state index in [2.05, 4.69) is 19.2 Å². The summed E-state index contributed by atoms with van der Waals surface area (Å²) < 4.78 is 0. The summed E-state index contributed by atoms with van der Waals surface area (Å²) in [6.45, 7) is 6.34. The van der Waals surface area contributed by atoms with Crippen molar-refractivity contribution in [1.82, 2.24) is 5.32 Å². The van der Waals surface area contributed by atoms with E-state index in [1.165, 1.54) is 24.3 Å². The van der Waals surface area contributed by atoms with Crippen molar-refractivity contribution < 1.29 is 9.72 Å². The lowest BCUT2D eigenvalue weighted by molar-refractivity contribution is -0.384. The highest BCUT2D eigenvalue weighted by Crippen LogP contribution is 2.13. The maximum Gasteiger partial charge on any atom is 0.269 e. The molecule has 0 unspecified atom stereocenters. The van der Waals surface area contributed by atoms with E-state index in [0.29, 0.717) is 11.5 Å². The molecule has 0 fully saturated rings. The normalized spacial score (nSPS) is 12.2. The molecule has 20 heavy (non-hydrogen) atoms. The molecule has 1 atom stereocenters. The van der Waals surface area contributed by atoms with Crippen LogP contribution in [0.5, 0.6) is 0 Å². The molecular weight excluding hydrogens is 256 g/mol. The first-order chi connectivity index (χ1) is 9.40. The molecule has 0 radical (unpaired) electrons. The molecule has 0 aromatic heterocycles. The van der Waals surface area contributed by atoms with Crippen molar-refractivity contribution in [2.45, 2.75) is 46.1 Å². The third-order valence-electron chi connectivity index (χ3n) is 3.14. The summed E-state index contributed by atoms with van der Waals surface area (Å²) in [6, 6.07) is 5.76. The molecule has 1 aromatic carbocycles. The molecule has 5 heteroatoms. The average Bonchev–Trinajstić information content (AvgIpc) is 2.38. The molecule has 0 saturated heterocycles. The smallest absolute Gasteiger partial charge is 0.269 e. The zero-order chi connectivity index (χ0) is 15.1. The average molecular weight is 278 g/mol. The Kier molecular flexibility index (Phi) is 6.15. The number of hydrogen-bond donors (Lipinski definition) is 1. The van der Waals surface area contributed by atoms with E-state index in [1.807, 2.05) is 6.92 Å². The van der Waals surface area contributed by atoms with E-state index in [0.717, 1.165) is 19.3 Å². The van der Waals surface area contributed by atoms with Crippen LogP contribution in [0.1, 0.15) is 50.4 Å². The molecule has 1 aromatic rings. The van der Waals surface area contributed by atoms with E-state index < -0.39 is 4.92 Å². The quantitative estimate of drug-likeness (QED) is 0.612. The van der Waals surface area contributed by atoms with Crippen LogP contribution in [0.3, 0.4) is 0 Å². The Morgan fingerprint density at radius 3 is 2.30 bits per heavy atom. The van der Waals surface area contributed by atoms with Crippen molar-refractivity contribution in [2.24, 2.45) is 5.92 Å². The summed E-state index contributed by atoms with van der Waals surface area (Å²) >= 11 is 0. The van der Waals surface area contributed by atoms with Gasteiger partial charge in [-0.3, -0.25) is 14.9 Å². The van der Waals surface area contributed by atoms with Crippen LogP contribution < -0.4 is 5.32 Å². The number of nitrogens with one attached hydrogen (secondary N) is 1. The van der Waals surface area contributed by atoms with Crippen LogP contribution in [0.15, 0.2) is 24.3 Å². The number of hydrogen-bond acceptors (Lipinski definition) is 3. The minimum absolute atomic E-state index is 0.00784. The Morgan fingerprint density at radius 2 is 1.80 bits per heavy atom. The largest absolute Gasteiger partial charge is 0.350 e. The first kappa shape index (κ1) is 16.1. The molecule has 0 saturated carbocycles. The van der Waals surface area contributed by atoms with Gasteiger partial charge in [0.05, 0.1) is 4.92 Å². The molecule has 1 N–H and O–H groups in total. The van der Waals surface area contributed by atoms with E-state index in [1.54, 1.807) is 0 Å². The third kappa shape index (κ3) is 5.38.